The van der Waals surface area contributed by atoms with E-state index in [2.05, 4.69) is 19.7 Å². The molecule has 1 fully saturated rings. The zero-order chi connectivity index (χ0) is 26.6. The summed E-state index contributed by atoms with van der Waals surface area (Å²) in [7, 11) is 0. The maximum Gasteiger partial charge on any atom is 0.417 e. The molecule has 0 N–H and O–H groups in total. The molecule has 1 atom stereocenters. The minimum atomic E-state index is -4.81. The van der Waals surface area contributed by atoms with Gasteiger partial charge >= 0.3 is 12.8 Å². The minimum Gasteiger partial charge on any atom is -0.332 e. The van der Waals surface area contributed by atoms with E-state index in [1.54, 1.807) is 6.92 Å². The van der Waals surface area contributed by atoms with Gasteiger partial charge in [0.1, 0.15) is 23.3 Å². The van der Waals surface area contributed by atoms with Crippen LogP contribution >= 0.6 is 11.6 Å². The number of ether oxygens (including phenoxy) is 1. The molecule has 0 spiro atoms. The van der Waals surface area contributed by atoms with E-state index in [0.717, 1.165) is 18.2 Å². The van der Waals surface area contributed by atoms with Crippen molar-refractivity contribution in [3.8, 4) is 5.69 Å². The van der Waals surface area contributed by atoms with Crippen molar-refractivity contribution in [2.45, 2.75) is 31.9 Å². The van der Waals surface area contributed by atoms with Crippen molar-refractivity contribution in [2.24, 2.45) is 4.99 Å². The summed E-state index contributed by atoms with van der Waals surface area (Å²) in [5.74, 6) is -1.23. The van der Waals surface area contributed by atoms with Gasteiger partial charge in [0.25, 0.3) is 5.91 Å². The number of aromatic nitrogens is 3. The molecule has 3 aromatic rings. The second kappa shape index (κ2) is 9.14. The zero-order valence-corrected chi connectivity index (χ0v) is 19.6. The molecule has 7 nitrogen and oxygen atoms in total. The second-order valence-electron chi connectivity index (χ2n) is 8.39. The van der Waals surface area contributed by atoms with E-state index in [9.17, 15) is 31.1 Å². The normalized spacial score (nSPS) is 17.7. The van der Waals surface area contributed by atoms with Gasteiger partial charge in [-0.2, -0.15) is 22.0 Å². The number of pyridine rings is 1. The summed E-state index contributed by atoms with van der Waals surface area (Å²) in [6.45, 7) is -1.54. The molecule has 0 bridgehead atoms. The molecule has 1 saturated heterocycles. The highest BCUT2D eigenvalue weighted by atomic mass is 35.5. The van der Waals surface area contributed by atoms with Crippen molar-refractivity contribution >= 4 is 23.2 Å². The molecule has 1 amide bonds. The van der Waals surface area contributed by atoms with E-state index in [4.69, 9.17) is 11.6 Å². The minimum absolute atomic E-state index is 0.0699. The molecule has 0 unspecified atom stereocenters. The summed E-state index contributed by atoms with van der Waals surface area (Å²) in [6.07, 6.45) is -3.06. The third-order valence-electron chi connectivity index (χ3n) is 5.98. The highest BCUT2D eigenvalue weighted by molar-refractivity contribution is 6.37. The van der Waals surface area contributed by atoms with Crippen LogP contribution in [-0.2, 0) is 10.9 Å². The number of hydrogen-bond acceptors (Lipinski definition) is 5. The summed E-state index contributed by atoms with van der Waals surface area (Å²) in [4.78, 5) is 26.9. The Morgan fingerprint density at radius 2 is 1.95 bits per heavy atom. The van der Waals surface area contributed by atoms with Crippen LogP contribution < -0.4 is 0 Å². The lowest BCUT2D eigenvalue weighted by Crippen LogP contribution is -2.55. The molecule has 14 heteroatoms. The number of nitrogens with zero attached hydrogens (tertiary/aromatic N) is 5. The molecule has 2 aliphatic heterocycles. The topological polar surface area (TPSA) is 72.6 Å². The summed E-state index contributed by atoms with van der Waals surface area (Å²) in [6, 6.07) is 3.46. The third-order valence-corrected chi connectivity index (χ3v) is 6.38. The van der Waals surface area contributed by atoms with Crippen LogP contribution in [0, 0.1) is 5.82 Å². The van der Waals surface area contributed by atoms with Crippen LogP contribution in [0.2, 0.25) is 5.02 Å². The number of halogens is 7. The fourth-order valence-corrected chi connectivity index (χ4v) is 4.61. The molecule has 2 aromatic heterocycles. The molecule has 0 aliphatic carbocycles. The van der Waals surface area contributed by atoms with E-state index in [1.165, 1.54) is 27.9 Å². The average molecular weight is 544 g/mol. The predicted octanol–water partition coefficient (Wildman–Crippen LogP) is 5.05. The standard InChI is InChI=1S/C23H16ClF6N5O2/c1-10-20-33-14(21(36)34-7-11(8-34)37-22(26)27)9-35(20)15-5-4-12(23(28,29)30)17(24)16(15)19(32-10)18-13(25)3-2-6-31-18/h2-6,9-11,22H,7-8H2,1H3/t10-/m0/s1. The van der Waals surface area contributed by atoms with Crippen molar-refractivity contribution in [2.75, 3.05) is 13.1 Å². The molecule has 194 valence electrons. The van der Waals surface area contributed by atoms with Crippen molar-refractivity contribution in [1.29, 1.82) is 0 Å². The lowest BCUT2D eigenvalue weighted by molar-refractivity contribution is -0.189. The molecule has 37 heavy (non-hydrogen) atoms. The number of imidazole rings is 1. The van der Waals surface area contributed by atoms with Crippen LogP contribution in [-0.4, -0.2) is 56.9 Å². The van der Waals surface area contributed by atoms with Crippen LogP contribution in [0.3, 0.4) is 0 Å². The Labute approximate surface area is 210 Å². The number of rotatable bonds is 4. The maximum atomic E-state index is 14.7. The summed E-state index contributed by atoms with van der Waals surface area (Å²) in [5.41, 5.74) is -1.90. The third kappa shape index (κ3) is 4.46. The van der Waals surface area contributed by atoms with Crippen LogP contribution in [0.4, 0.5) is 26.3 Å². The molecule has 1 aromatic carbocycles. The van der Waals surface area contributed by atoms with E-state index in [-0.39, 0.29) is 47.3 Å². The highest BCUT2D eigenvalue weighted by Crippen LogP contribution is 2.41. The predicted molar refractivity (Wildman–Crippen MR) is 119 cm³/mol. The molecule has 0 saturated carbocycles. The first-order valence-corrected chi connectivity index (χ1v) is 11.2. The Morgan fingerprint density at radius 1 is 1.22 bits per heavy atom. The Morgan fingerprint density at radius 3 is 2.59 bits per heavy atom. The van der Waals surface area contributed by atoms with Crippen LogP contribution in [0.25, 0.3) is 5.69 Å². The Hall–Kier alpha value is -3.45. The fraction of sp³-hybridized carbons (Fsp3) is 0.304. The van der Waals surface area contributed by atoms with E-state index in [0.29, 0.717) is 0 Å². The number of amides is 1. The Kier molecular flexibility index (Phi) is 6.23. The number of aliphatic imine (C=N–C) groups is 1. The SMILES string of the molecule is C[C@@H]1N=C(c2ncccc2F)c2c(ccc(C(F)(F)F)c2Cl)-n2cc(C(=O)N3CC(OC(F)F)C3)nc21. The van der Waals surface area contributed by atoms with Gasteiger partial charge in [-0.15, -0.1) is 0 Å². The van der Waals surface area contributed by atoms with Crippen molar-refractivity contribution < 1.29 is 35.9 Å². The average Bonchev–Trinajstić information content (AvgIpc) is 3.20. The lowest BCUT2D eigenvalue weighted by Gasteiger charge is -2.38. The maximum absolute atomic E-state index is 14.7. The number of alkyl halides is 5. The molecular weight excluding hydrogens is 528 g/mol. The number of hydrogen-bond donors (Lipinski definition) is 0. The smallest absolute Gasteiger partial charge is 0.332 e. The van der Waals surface area contributed by atoms with Gasteiger partial charge in [0.2, 0.25) is 0 Å². The van der Waals surface area contributed by atoms with Gasteiger partial charge in [0.05, 0.1) is 28.1 Å². The van der Waals surface area contributed by atoms with Crippen LogP contribution in [0.1, 0.15) is 46.1 Å². The summed E-state index contributed by atoms with van der Waals surface area (Å²) in [5, 5.41) is -0.717. The second-order valence-corrected chi connectivity index (χ2v) is 8.77. The van der Waals surface area contributed by atoms with Gasteiger partial charge in [0, 0.05) is 31.0 Å². The Balaban J connectivity index is 1.63. The first kappa shape index (κ1) is 25.2. The van der Waals surface area contributed by atoms with Gasteiger partial charge in [-0.1, -0.05) is 11.6 Å². The first-order chi connectivity index (χ1) is 17.5. The number of carbonyl (C=O) groups excluding carboxylic acids is 1. The molecular formula is C23H16ClF6N5O2. The van der Waals surface area contributed by atoms with E-state index in [1.807, 2.05) is 0 Å². The van der Waals surface area contributed by atoms with Crippen LogP contribution in [0.5, 0.6) is 0 Å². The molecule has 2 aliphatic rings. The van der Waals surface area contributed by atoms with Gasteiger partial charge in [0.15, 0.2) is 5.82 Å². The lowest BCUT2D eigenvalue weighted by atomic mass is 10.00. The molecule has 5 rings (SSSR count). The van der Waals surface area contributed by atoms with Gasteiger partial charge in [-0.05, 0) is 31.2 Å². The van der Waals surface area contributed by atoms with Gasteiger partial charge in [-0.3, -0.25) is 14.8 Å². The van der Waals surface area contributed by atoms with Crippen molar-refractivity contribution in [1.82, 2.24) is 19.4 Å². The summed E-state index contributed by atoms with van der Waals surface area (Å²) >= 11 is 6.27. The van der Waals surface area contributed by atoms with Crippen molar-refractivity contribution in [3.63, 3.8) is 0 Å². The van der Waals surface area contributed by atoms with Gasteiger partial charge in [-0.25, -0.2) is 9.37 Å². The quantitative estimate of drug-likeness (QED) is 0.432. The number of likely N-dealkylation sites (tertiary alicyclic amines) is 1. The van der Waals surface area contributed by atoms with Gasteiger partial charge < -0.3 is 14.2 Å². The highest BCUT2D eigenvalue weighted by Gasteiger charge is 2.39. The first-order valence-electron chi connectivity index (χ1n) is 10.9. The van der Waals surface area contributed by atoms with Crippen LogP contribution in [0.15, 0.2) is 41.7 Å². The van der Waals surface area contributed by atoms with Crippen molar-refractivity contribution in [3.05, 3.63) is 75.8 Å². The monoisotopic (exact) mass is 543 g/mol. The summed E-state index contributed by atoms with van der Waals surface area (Å²) < 4.78 is 86.4. The number of fused-ring (bicyclic) bond motifs is 3. The fourth-order valence-electron chi connectivity index (χ4n) is 4.25. The number of benzene rings is 1. The largest absolute Gasteiger partial charge is 0.417 e. The van der Waals surface area contributed by atoms with E-state index < -0.39 is 47.2 Å². The molecule has 4 heterocycles. The van der Waals surface area contributed by atoms with E-state index >= 15 is 0 Å². The number of carbonyl (C=O) groups is 1. The Bertz CT molecular complexity index is 1420. The zero-order valence-electron chi connectivity index (χ0n) is 18.8. The molecule has 0 radical (unpaired) electrons.